The molecule has 0 saturated heterocycles. The summed E-state index contributed by atoms with van der Waals surface area (Å²) in [4.78, 5) is 26.1. The summed E-state index contributed by atoms with van der Waals surface area (Å²) in [6, 6.07) is 14.1. The van der Waals surface area contributed by atoms with Gasteiger partial charge in [-0.05, 0) is 30.9 Å². The van der Waals surface area contributed by atoms with E-state index in [0.29, 0.717) is 12.0 Å². The number of allylic oxidation sites excluding steroid dienone is 1. The Kier molecular flexibility index (Phi) is 5.24. The smallest absolute Gasteiger partial charge is 0.270 e. The van der Waals surface area contributed by atoms with Gasteiger partial charge in [-0.25, -0.2) is 0 Å². The van der Waals surface area contributed by atoms with E-state index in [1.165, 1.54) is 30.0 Å². The minimum Gasteiger partial charge on any atom is -0.335 e. The third kappa shape index (κ3) is 3.45. The molecule has 0 atom stereocenters. The lowest BCUT2D eigenvalue weighted by molar-refractivity contribution is -0.384. The molecule has 2 aliphatic heterocycles. The SMILES string of the molecule is O=C(C1=C2SC=C(c3ccccc3)N2CCCC1)c1cc([N+](=O)[O-])ccc1Cl. The van der Waals surface area contributed by atoms with Crippen molar-refractivity contribution in [3.8, 4) is 0 Å². The van der Waals surface area contributed by atoms with E-state index in [1.807, 2.05) is 18.2 Å². The fourth-order valence-corrected chi connectivity index (χ4v) is 4.83. The number of fused-ring (bicyclic) bond motifs is 1. The van der Waals surface area contributed by atoms with Crippen LogP contribution in [0, 0.1) is 10.1 Å². The molecule has 28 heavy (non-hydrogen) atoms. The maximum Gasteiger partial charge on any atom is 0.270 e. The Morgan fingerprint density at radius 1 is 1.14 bits per heavy atom. The van der Waals surface area contributed by atoms with Gasteiger partial charge in [-0.3, -0.25) is 14.9 Å². The van der Waals surface area contributed by atoms with Crippen molar-refractivity contribution in [3.05, 3.63) is 90.8 Å². The van der Waals surface area contributed by atoms with Crippen LogP contribution in [0.15, 0.2) is 64.5 Å². The van der Waals surface area contributed by atoms with Crippen LogP contribution < -0.4 is 0 Å². The zero-order valence-electron chi connectivity index (χ0n) is 14.9. The second-order valence-corrected chi connectivity index (χ2v) is 7.90. The van der Waals surface area contributed by atoms with E-state index in [9.17, 15) is 14.9 Å². The molecule has 2 heterocycles. The maximum atomic E-state index is 13.3. The Balaban J connectivity index is 1.74. The molecule has 0 aliphatic carbocycles. The topological polar surface area (TPSA) is 63.5 Å². The molecular weight excluding hydrogens is 396 g/mol. The van der Waals surface area contributed by atoms with Crippen LogP contribution in [0.4, 0.5) is 5.69 Å². The van der Waals surface area contributed by atoms with Crippen LogP contribution in [0.1, 0.15) is 35.2 Å². The molecule has 0 radical (unpaired) electrons. The average molecular weight is 413 g/mol. The van der Waals surface area contributed by atoms with Crippen molar-refractivity contribution in [2.24, 2.45) is 0 Å². The van der Waals surface area contributed by atoms with Gasteiger partial charge in [0.05, 0.1) is 20.7 Å². The lowest BCUT2D eigenvalue weighted by Gasteiger charge is -2.23. The number of halogens is 1. The zero-order valence-corrected chi connectivity index (χ0v) is 16.5. The van der Waals surface area contributed by atoms with Gasteiger partial charge in [-0.15, -0.1) is 0 Å². The molecule has 0 bridgehead atoms. The first-order valence-electron chi connectivity index (χ1n) is 8.98. The predicted octanol–water partition coefficient (Wildman–Crippen LogP) is 5.87. The summed E-state index contributed by atoms with van der Waals surface area (Å²) >= 11 is 7.76. The van der Waals surface area contributed by atoms with Crippen LogP contribution in [0.2, 0.25) is 5.02 Å². The number of nitro groups is 1. The van der Waals surface area contributed by atoms with Gasteiger partial charge in [-0.1, -0.05) is 53.7 Å². The lowest BCUT2D eigenvalue weighted by Crippen LogP contribution is -2.19. The Hall–Kier alpha value is -2.57. The van der Waals surface area contributed by atoms with E-state index in [-0.39, 0.29) is 22.1 Å². The molecule has 7 heteroatoms. The highest BCUT2D eigenvalue weighted by Crippen LogP contribution is 2.44. The van der Waals surface area contributed by atoms with Crippen molar-refractivity contribution >= 4 is 40.5 Å². The van der Waals surface area contributed by atoms with Crippen molar-refractivity contribution in [1.29, 1.82) is 0 Å². The number of rotatable bonds is 4. The number of nitro benzene ring substituents is 1. The van der Waals surface area contributed by atoms with E-state index in [0.717, 1.165) is 35.7 Å². The summed E-state index contributed by atoms with van der Waals surface area (Å²) in [5, 5.41) is 14.3. The fraction of sp³-hybridized carbons (Fsp3) is 0.190. The third-order valence-corrected chi connectivity index (χ3v) is 6.24. The number of hydrogen-bond acceptors (Lipinski definition) is 5. The number of Topliss-reactive ketones (excluding diaryl/α,β-unsaturated/α-hetero) is 1. The number of carbonyl (C=O) groups excluding carboxylic acids is 1. The van der Waals surface area contributed by atoms with Crippen LogP contribution in [0.25, 0.3) is 5.70 Å². The average Bonchev–Trinajstić information content (AvgIpc) is 3.00. The molecule has 0 N–H and O–H groups in total. The largest absolute Gasteiger partial charge is 0.335 e. The van der Waals surface area contributed by atoms with Gasteiger partial charge in [0.25, 0.3) is 5.69 Å². The molecular formula is C21H17ClN2O3S. The summed E-state index contributed by atoms with van der Waals surface area (Å²) in [5.41, 5.74) is 2.91. The van der Waals surface area contributed by atoms with Gasteiger partial charge in [-0.2, -0.15) is 0 Å². The highest BCUT2D eigenvalue weighted by Gasteiger charge is 2.31. The molecule has 0 amide bonds. The summed E-state index contributed by atoms with van der Waals surface area (Å²) in [7, 11) is 0. The first-order valence-corrected chi connectivity index (χ1v) is 10.2. The third-order valence-electron chi connectivity index (χ3n) is 4.88. The van der Waals surface area contributed by atoms with Crippen molar-refractivity contribution in [1.82, 2.24) is 4.90 Å². The van der Waals surface area contributed by atoms with Crippen molar-refractivity contribution < 1.29 is 9.72 Å². The first kappa shape index (κ1) is 18.8. The van der Waals surface area contributed by atoms with Crippen LogP contribution in [-0.4, -0.2) is 22.2 Å². The monoisotopic (exact) mass is 412 g/mol. The number of non-ortho nitro benzene ring substituents is 1. The quantitative estimate of drug-likeness (QED) is 0.356. The fourth-order valence-electron chi connectivity index (χ4n) is 3.49. The number of hydrogen-bond donors (Lipinski definition) is 0. The van der Waals surface area contributed by atoms with Crippen LogP contribution in [-0.2, 0) is 0 Å². The molecule has 2 aliphatic rings. The van der Waals surface area contributed by atoms with E-state index in [1.54, 1.807) is 0 Å². The lowest BCUT2D eigenvalue weighted by atomic mass is 9.99. The molecule has 0 spiro atoms. The van der Waals surface area contributed by atoms with Crippen LogP contribution in [0.3, 0.4) is 0 Å². The molecule has 5 nitrogen and oxygen atoms in total. The van der Waals surface area contributed by atoms with Gasteiger partial charge < -0.3 is 4.90 Å². The van der Waals surface area contributed by atoms with Gasteiger partial charge in [0.2, 0.25) is 0 Å². The minimum atomic E-state index is -0.510. The van der Waals surface area contributed by atoms with Crippen molar-refractivity contribution in [3.63, 3.8) is 0 Å². The number of carbonyl (C=O) groups is 1. The van der Waals surface area contributed by atoms with Gasteiger partial charge in [0.1, 0.15) is 0 Å². The summed E-state index contributed by atoms with van der Waals surface area (Å²) in [6.45, 7) is 0.836. The highest BCUT2D eigenvalue weighted by molar-refractivity contribution is 8.06. The number of benzene rings is 2. The molecule has 142 valence electrons. The molecule has 2 aromatic carbocycles. The van der Waals surface area contributed by atoms with E-state index in [2.05, 4.69) is 22.4 Å². The summed E-state index contributed by atoms with van der Waals surface area (Å²) in [5.74, 6) is -0.231. The zero-order chi connectivity index (χ0) is 19.7. The van der Waals surface area contributed by atoms with Gasteiger partial charge in [0.15, 0.2) is 5.78 Å². The van der Waals surface area contributed by atoms with Crippen LogP contribution >= 0.6 is 23.4 Å². The molecule has 0 aromatic heterocycles. The molecule has 0 saturated carbocycles. The number of ketones is 1. The Bertz CT molecular complexity index is 1020. The standard InChI is InChI=1S/C21H17ClN2O3S/c22-18-10-9-15(24(26)27)12-17(18)20(25)16-8-4-5-11-23-19(13-28-21(16)23)14-6-2-1-3-7-14/h1-3,6-7,9-10,12-13H,4-5,8,11H2. The number of nitrogens with zero attached hydrogens (tertiary/aromatic N) is 2. The van der Waals surface area contributed by atoms with Crippen molar-refractivity contribution in [2.75, 3.05) is 6.54 Å². The molecule has 0 unspecified atom stereocenters. The minimum absolute atomic E-state index is 0.133. The summed E-state index contributed by atoms with van der Waals surface area (Å²) < 4.78 is 0. The Labute approximate surface area is 171 Å². The second-order valence-electron chi connectivity index (χ2n) is 6.63. The predicted molar refractivity (Wildman–Crippen MR) is 112 cm³/mol. The van der Waals surface area contributed by atoms with E-state index < -0.39 is 4.92 Å². The Morgan fingerprint density at radius 3 is 2.68 bits per heavy atom. The highest BCUT2D eigenvalue weighted by atomic mass is 35.5. The second kappa shape index (κ2) is 7.81. The molecule has 4 rings (SSSR count). The first-order chi connectivity index (χ1) is 13.6. The van der Waals surface area contributed by atoms with E-state index in [4.69, 9.17) is 11.6 Å². The Morgan fingerprint density at radius 2 is 1.93 bits per heavy atom. The normalized spacial score (nSPS) is 16.5. The molecule has 2 aromatic rings. The van der Waals surface area contributed by atoms with Crippen molar-refractivity contribution in [2.45, 2.75) is 19.3 Å². The van der Waals surface area contributed by atoms with E-state index >= 15 is 0 Å². The number of thioether (sulfide) groups is 1. The maximum absolute atomic E-state index is 13.3. The van der Waals surface area contributed by atoms with Gasteiger partial charge in [0, 0.05) is 35.2 Å². The molecule has 0 fully saturated rings. The van der Waals surface area contributed by atoms with Crippen LogP contribution in [0.5, 0.6) is 0 Å². The van der Waals surface area contributed by atoms with Gasteiger partial charge >= 0.3 is 0 Å². The summed E-state index contributed by atoms with van der Waals surface area (Å²) in [6.07, 6.45) is 2.48.